The van der Waals surface area contributed by atoms with Crippen molar-refractivity contribution in [2.24, 2.45) is 0 Å². The molecule has 0 unspecified atom stereocenters. The van der Waals surface area contributed by atoms with Gasteiger partial charge in [-0.05, 0) is 42.2 Å². The Labute approximate surface area is 222 Å². The number of hydrogen-bond donors (Lipinski definition) is 1. The monoisotopic (exact) mass is 534 g/mol. The maximum absolute atomic E-state index is 11.4. The van der Waals surface area contributed by atoms with E-state index >= 15 is 0 Å². The third-order valence-electron chi connectivity index (χ3n) is 5.46. The Kier molecular flexibility index (Phi) is 7.13. The molecule has 180 valence electrons. The average molecular weight is 535 g/mol. The third kappa shape index (κ3) is 4.91. The SMILES string of the molecule is CSc1nccc(-c2nc(-c3c(Cl)cccc3Cl)n(O)c2-c2cccc(OCc3ccccc3)c2)n1. The van der Waals surface area contributed by atoms with Gasteiger partial charge < -0.3 is 9.94 Å². The highest BCUT2D eigenvalue weighted by molar-refractivity contribution is 7.98. The van der Waals surface area contributed by atoms with Crippen LogP contribution in [0.4, 0.5) is 0 Å². The second-order valence-electron chi connectivity index (χ2n) is 7.77. The minimum absolute atomic E-state index is 0.204. The molecule has 9 heteroatoms. The van der Waals surface area contributed by atoms with E-state index in [1.807, 2.05) is 60.9 Å². The Balaban J connectivity index is 1.64. The van der Waals surface area contributed by atoms with E-state index in [0.717, 1.165) is 10.3 Å². The molecule has 0 aliphatic heterocycles. The van der Waals surface area contributed by atoms with Crippen LogP contribution < -0.4 is 4.74 Å². The van der Waals surface area contributed by atoms with Gasteiger partial charge in [0, 0.05) is 11.8 Å². The number of rotatable bonds is 7. The molecule has 0 amide bonds. The zero-order chi connectivity index (χ0) is 25.1. The first-order valence-electron chi connectivity index (χ1n) is 11.0. The number of thioether (sulfide) groups is 1. The van der Waals surface area contributed by atoms with Crippen LogP contribution >= 0.6 is 35.0 Å². The molecule has 0 saturated heterocycles. The average Bonchev–Trinajstić information content (AvgIpc) is 3.25. The molecular formula is C27H20Cl2N4O2S. The van der Waals surface area contributed by atoms with Crippen molar-refractivity contribution in [3.05, 3.63) is 101 Å². The molecule has 0 aliphatic carbocycles. The zero-order valence-electron chi connectivity index (χ0n) is 19.1. The topological polar surface area (TPSA) is 73.1 Å². The first-order chi connectivity index (χ1) is 17.5. The Hall–Kier alpha value is -3.52. The quantitative estimate of drug-likeness (QED) is 0.132. The number of aromatic nitrogens is 4. The van der Waals surface area contributed by atoms with E-state index in [2.05, 4.69) is 9.97 Å². The minimum Gasteiger partial charge on any atom is -0.489 e. The normalized spacial score (nSPS) is 11.0. The van der Waals surface area contributed by atoms with Crippen molar-refractivity contribution < 1.29 is 9.94 Å². The van der Waals surface area contributed by atoms with Crippen molar-refractivity contribution in [3.63, 3.8) is 0 Å². The van der Waals surface area contributed by atoms with Gasteiger partial charge in [-0.15, -0.1) is 0 Å². The molecular weight excluding hydrogens is 515 g/mol. The lowest BCUT2D eigenvalue weighted by atomic mass is 10.1. The molecule has 3 aromatic carbocycles. The second kappa shape index (κ2) is 10.6. The lowest BCUT2D eigenvalue weighted by Crippen LogP contribution is -1.99. The van der Waals surface area contributed by atoms with E-state index in [4.69, 9.17) is 32.9 Å². The summed E-state index contributed by atoms with van der Waals surface area (Å²) in [6.45, 7) is 0.416. The summed E-state index contributed by atoms with van der Waals surface area (Å²) < 4.78 is 7.02. The molecule has 0 aliphatic rings. The van der Waals surface area contributed by atoms with Crippen molar-refractivity contribution in [1.29, 1.82) is 0 Å². The maximum Gasteiger partial charge on any atom is 0.187 e. The Morgan fingerprint density at radius 1 is 0.917 bits per heavy atom. The molecule has 2 aromatic heterocycles. The van der Waals surface area contributed by atoms with Gasteiger partial charge in [0.25, 0.3) is 0 Å². The van der Waals surface area contributed by atoms with Crippen molar-refractivity contribution in [1.82, 2.24) is 19.7 Å². The lowest BCUT2D eigenvalue weighted by molar-refractivity contribution is 0.195. The molecule has 0 radical (unpaired) electrons. The maximum atomic E-state index is 11.4. The van der Waals surface area contributed by atoms with Gasteiger partial charge in [-0.25, -0.2) is 15.0 Å². The molecule has 0 saturated carbocycles. The third-order valence-corrected chi connectivity index (χ3v) is 6.65. The fourth-order valence-electron chi connectivity index (χ4n) is 3.77. The molecule has 6 nitrogen and oxygen atoms in total. The van der Waals surface area contributed by atoms with Crippen LogP contribution in [0.15, 0.2) is 90.2 Å². The molecule has 36 heavy (non-hydrogen) atoms. The smallest absolute Gasteiger partial charge is 0.187 e. The molecule has 0 fully saturated rings. The van der Waals surface area contributed by atoms with Crippen LogP contribution in [0, 0.1) is 0 Å². The molecule has 5 rings (SSSR count). The molecule has 5 aromatic rings. The molecule has 0 atom stereocenters. The number of halogens is 2. The van der Waals surface area contributed by atoms with Crippen LogP contribution in [-0.4, -0.2) is 31.1 Å². The van der Waals surface area contributed by atoms with E-state index in [9.17, 15) is 5.21 Å². The van der Waals surface area contributed by atoms with Gasteiger partial charge in [-0.3, -0.25) is 0 Å². The fourth-order valence-corrected chi connectivity index (χ4v) is 4.69. The van der Waals surface area contributed by atoms with E-state index < -0.39 is 0 Å². The predicted molar refractivity (Wildman–Crippen MR) is 144 cm³/mol. The summed E-state index contributed by atoms with van der Waals surface area (Å²) >= 11 is 14.3. The summed E-state index contributed by atoms with van der Waals surface area (Å²) in [6.07, 6.45) is 3.56. The summed E-state index contributed by atoms with van der Waals surface area (Å²) in [5.41, 5.74) is 3.60. The van der Waals surface area contributed by atoms with Gasteiger partial charge in [-0.2, -0.15) is 4.73 Å². The highest BCUT2D eigenvalue weighted by atomic mass is 35.5. The number of ether oxygens (including phenoxy) is 1. The predicted octanol–water partition coefficient (Wildman–Crippen LogP) is 7.52. The molecule has 2 heterocycles. The lowest BCUT2D eigenvalue weighted by Gasteiger charge is -2.11. The van der Waals surface area contributed by atoms with Crippen LogP contribution in [0.2, 0.25) is 10.0 Å². The summed E-state index contributed by atoms with van der Waals surface area (Å²) in [6, 6.07) is 24.3. The van der Waals surface area contributed by atoms with E-state index in [0.29, 0.717) is 55.8 Å². The van der Waals surface area contributed by atoms with Gasteiger partial charge in [0.2, 0.25) is 0 Å². The second-order valence-corrected chi connectivity index (χ2v) is 9.36. The fraction of sp³-hybridized carbons (Fsp3) is 0.0741. The van der Waals surface area contributed by atoms with Crippen molar-refractivity contribution in [3.8, 4) is 39.8 Å². The van der Waals surface area contributed by atoms with Crippen LogP contribution in [0.25, 0.3) is 34.0 Å². The summed E-state index contributed by atoms with van der Waals surface area (Å²) in [5.74, 6) is 0.851. The van der Waals surface area contributed by atoms with Gasteiger partial charge in [-0.1, -0.05) is 83.5 Å². The van der Waals surface area contributed by atoms with Crippen molar-refractivity contribution in [2.45, 2.75) is 11.8 Å². The highest BCUT2D eigenvalue weighted by Gasteiger charge is 2.25. The molecule has 0 bridgehead atoms. The van der Waals surface area contributed by atoms with Gasteiger partial charge in [0.1, 0.15) is 23.7 Å². The molecule has 1 N–H and O–H groups in total. The first-order valence-corrected chi connectivity index (χ1v) is 12.9. The minimum atomic E-state index is 0.204. The molecule has 0 spiro atoms. The summed E-state index contributed by atoms with van der Waals surface area (Å²) in [4.78, 5) is 13.6. The zero-order valence-corrected chi connectivity index (χ0v) is 21.4. The van der Waals surface area contributed by atoms with Gasteiger partial charge in [0.05, 0.1) is 21.3 Å². The number of nitrogens with zero attached hydrogens (tertiary/aromatic N) is 4. The van der Waals surface area contributed by atoms with Crippen molar-refractivity contribution in [2.75, 3.05) is 6.26 Å². The van der Waals surface area contributed by atoms with Gasteiger partial charge in [0.15, 0.2) is 11.0 Å². The standard InChI is InChI=1S/C27H20Cl2N4O2S/c1-36-27-30-14-13-22(31-27)24-25(33(34)26(32-24)23-20(28)11-6-12-21(23)29)18-9-5-10-19(15-18)35-16-17-7-3-2-4-8-17/h2-15,34H,16H2,1H3. The first kappa shape index (κ1) is 24.2. The van der Waals surface area contributed by atoms with E-state index in [1.165, 1.54) is 11.8 Å². The van der Waals surface area contributed by atoms with E-state index in [1.54, 1.807) is 30.5 Å². The van der Waals surface area contributed by atoms with Crippen LogP contribution in [-0.2, 0) is 6.61 Å². The van der Waals surface area contributed by atoms with Crippen LogP contribution in [0.5, 0.6) is 5.75 Å². The van der Waals surface area contributed by atoms with Gasteiger partial charge >= 0.3 is 0 Å². The number of hydrogen-bond acceptors (Lipinski definition) is 6. The van der Waals surface area contributed by atoms with Crippen LogP contribution in [0.1, 0.15) is 5.56 Å². The van der Waals surface area contributed by atoms with E-state index in [-0.39, 0.29) is 5.82 Å². The van der Waals surface area contributed by atoms with Crippen LogP contribution in [0.3, 0.4) is 0 Å². The highest BCUT2D eigenvalue weighted by Crippen LogP contribution is 2.40. The number of benzene rings is 3. The Morgan fingerprint density at radius 2 is 1.67 bits per heavy atom. The summed E-state index contributed by atoms with van der Waals surface area (Å²) in [7, 11) is 0. The number of imidazole rings is 1. The Bertz CT molecular complexity index is 1510. The largest absolute Gasteiger partial charge is 0.489 e. The Morgan fingerprint density at radius 3 is 2.42 bits per heavy atom. The van der Waals surface area contributed by atoms with Crippen molar-refractivity contribution >= 4 is 35.0 Å². The summed E-state index contributed by atoms with van der Waals surface area (Å²) in [5, 5.41) is 12.7.